The summed E-state index contributed by atoms with van der Waals surface area (Å²) in [7, 11) is 0. The van der Waals surface area contributed by atoms with E-state index in [9.17, 15) is 9.50 Å². The fraction of sp³-hybridized carbons (Fsp3) is 0.250. The molecule has 0 spiro atoms. The molecule has 2 rings (SSSR count). The van der Waals surface area contributed by atoms with Crippen LogP contribution < -0.4 is 0 Å². The summed E-state index contributed by atoms with van der Waals surface area (Å²) in [5, 5.41) is 10.1. The predicted molar refractivity (Wildman–Crippen MR) is 71.0 cm³/mol. The van der Waals surface area contributed by atoms with Crippen LogP contribution >= 0.6 is 0 Å². The van der Waals surface area contributed by atoms with Gasteiger partial charge in [0.2, 0.25) is 0 Å². The molecule has 0 saturated carbocycles. The fourth-order valence-electron chi connectivity index (χ4n) is 1.96. The normalized spacial score (nSPS) is 12.4. The van der Waals surface area contributed by atoms with E-state index >= 15 is 0 Å². The molecule has 0 aromatic heterocycles. The molecule has 0 radical (unpaired) electrons. The zero-order chi connectivity index (χ0) is 13.1. The molecule has 0 heterocycles. The molecule has 1 N–H and O–H groups in total. The van der Waals surface area contributed by atoms with Crippen molar-refractivity contribution in [3.8, 4) is 0 Å². The summed E-state index contributed by atoms with van der Waals surface area (Å²) in [5.41, 5.74) is 4.30. The third-order valence-electron chi connectivity index (χ3n) is 3.26. The van der Waals surface area contributed by atoms with Gasteiger partial charge in [-0.2, -0.15) is 0 Å². The highest BCUT2D eigenvalue weighted by atomic mass is 19.1. The van der Waals surface area contributed by atoms with Crippen LogP contribution in [0.15, 0.2) is 42.5 Å². The monoisotopic (exact) mass is 244 g/mol. The Labute approximate surface area is 107 Å². The summed E-state index contributed by atoms with van der Waals surface area (Å²) in [6.07, 6.45) is -0.0417. The number of halogens is 1. The summed E-state index contributed by atoms with van der Waals surface area (Å²) >= 11 is 0. The average molecular weight is 244 g/mol. The predicted octanol–water partition coefficient (Wildman–Crippen LogP) is 3.72. The molecular formula is C16H17FO. The Balaban J connectivity index is 2.13. The van der Waals surface area contributed by atoms with Crippen LogP contribution in [0.2, 0.25) is 0 Å². The SMILES string of the molecule is Cc1ccc(CC(O)c2ccc(F)cc2)cc1C. The van der Waals surface area contributed by atoms with Crippen LogP contribution in [0.3, 0.4) is 0 Å². The van der Waals surface area contributed by atoms with E-state index in [0.717, 1.165) is 11.1 Å². The van der Waals surface area contributed by atoms with Crippen LogP contribution in [0.1, 0.15) is 28.4 Å². The lowest BCUT2D eigenvalue weighted by Gasteiger charge is -2.12. The summed E-state index contributed by atoms with van der Waals surface area (Å²) in [4.78, 5) is 0. The maximum Gasteiger partial charge on any atom is 0.123 e. The molecule has 0 aliphatic rings. The van der Waals surface area contributed by atoms with Gasteiger partial charge >= 0.3 is 0 Å². The van der Waals surface area contributed by atoms with E-state index in [-0.39, 0.29) is 5.82 Å². The van der Waals surface area contributed by atoms with Gasteiger partial charge < -0.3 is 5.11 Å². The summed E-state index contributed by atoms with van der Waals surface area (Å²) in [5.74, 6) is -0.280. The third-order valence-corrected chi connectivity index (χ3v) is 3.26. The Bertz CT molecular complexity index is 531. The molecule has 2 aromatic rings. The lowest BCUT2D eigenvalue weighted by Crippen LogP contribution is -2.02. The Morgan fingerprint density at radius 2 is 1.67 bits per heavy atom. The Kier molecular flexibility index (Phi) is 3.78. The first-order chi connectivity index (χ1) is 8.56. The second-order valence-electron chi connectivity index (χ2n) is 4.69. The molecule has 1 atom stereocenters. The molecule has 0 fully saturated rings. The lowest BCUT2D eigenvalue weighted by atomic mass is 9.98. The van der Waals surface area contributed by atoms with Crippen molar-refractivity contribution < 1.29 is 9.50 Å². The molecule has 0 saturated heterocycles. The summed E-state index contributed by atoms with van der Waals surface area (Å²) in [6.45, 7) is 4.12. The molecule has 1 nitrogen and oxygen atoms in total. The minimum atomic E-state index is -0.590. The zero-order valence-corrected chi connectivity index (χ0v) is 10.7. The second-order valence-corrected chi connectivity index (χ2v) is 4.69. The van der Waals surface area contributed by atoms with Crippen LogP contribution in [-0.4, -0.2) is 5.11 Å². The standard InChI is InChI=1S/C16H17FO/c1-11-3-4-13(9-12(11)2)10-16(18)14-5-7-15(17)8-6-14/h3-9,16,18H,10H2,1-2H3. The van der Waals surface area contributed by atoms with Crippen LogP contribution in [0.4, 0.5) is 4.39 Å². The zero-order valence-electron chi connectivity index (χ0n) is 10.7. The summed E-state index contributed by atoms with van der Waals surface area (Å²) < 4.78 is 12.8. The minimum Gasteiger partial charge on any atom is -0.388 e. The van der Waals surface area contributed by atoms with Crippen molar-refractivity contribution in [2.24, 2.45) is 0 Å². The highest BCUT2D eigenvalue weighted by Gasteiger charge is 2.09. The van der Waals surface area contributed by atoms with Crippen LogP contribution in [0.5, 0.6) is 0 Å². The lowest BCUT2D eigenvalue weighted by molar-refractivity contribution is 0.178. The van der Waals surface area contributed by atoms with Crippen molar-refractivity contribution in [1.82, 2.24) is 0 Å². The van der Waals surface area contributed by atoms with Crippen LogP contribution in [0.25, 0.3) is 0 Å². The van der Waals surface area contributed by atoms with Crippen molar-refractivity contribution in [3.05, 3.63) is 70.5 Å². The molecule has 18 heavy (non-hydrogen) atoms. The van der Waals surface area contributed by atoms with Gasteiger partial charge in [-0.3, -0.25) is 0 Å². The van der Waals surface area contributed by atoms with Crippen molar-refractivity contribution in [1.29, 1.82) is 0 Å². The van der Waals surface area contributed by atoms with Crippen molar-refractivity contribution >= 4 is 0 Å². The molecule has 2 aromatic carbocycles. The summed E-state index contributed by atoms with van der Waals surface area (Å²) in [6, 6.07) is 12.2. The first-order valence-corrected chi connectivity index (χ1v) is 6.06. The fourth-order valence-corrected chi connectivity index (χ4v) is 1.96. The van der Waals surface area contributed by atoms with Gasteiger partial charge in [0.25, 0.3) is 0 Å². The van der Waals surface area contributed by atoms with Gasteiger partial charge in [0.05, 0.1) is 6.10 Å². The average Bonchev–Trinajstić information content (AvgIpc) is 2.34. The largest absolute Gasteiger partial charge is 0.388 e. The van der Waals surface area contributed by atoms with Crippen LogP contribution in [0, 0.1) is 19.7 Å². The van der Waals surface area contributed by atoms with Crippen molar-refractivity contribution in [2.45, 2.75) is 26.4 Å². The first-order valence-electron chi connectivity index (χ1n) is 6.06. The quantitative estimate of drug-likeness (QED) is 0.872. The second kappa shape index (κ2) is 5.32. The number of rotatable bonds is 3. The van der Waals surface area contributed by atoms with Gasteiger partial charge in [0, 0.05) is 6.42 Å². The third kappa shape index (κ3) is 2.96. The van der Waals surface area contributed by atoms with Gasteiger partial charge in [-0.05, 0) is 48.2 Å². The number of benzene rings is 2. The van der Waals surface area contributed by atoms with Gasteiger partial charge in [0.1, 0.15) is 5.82 Å². The molecule has 1 unspecified atom stereocenters. The maximum atomic E-state index is 12.8. The maximum absolute atomic E-state index is 12.8. The Hall–Kier alpha value is -1.67. The molecule has 0 aliphatic heterocycles. The molecule has 0 amide bonds. The van der Waals surface area contributed by atoms with E-state index < -0.39 is 6.10 Å². The Morgan fingerprint density at radius 3 is 2.28 bits per heavy atom. The van der Waals surface area contributed by atoms with E-state index in [1.54, 1.807) is 12.1 Å². The van der Waals surface area contributed by atoms with E-state index in [0.29, 0.717) is 6.42 Å². The molecule has 2 heteroatoms. The number of aliphatic hydroxyl groups excluding tert-OH is 1. The highest BCUT2D eigenvalue weighted by molar-refractivity contribution is 5.31. The van der Waals surface area contributed by atoms with E-state index in [1.807, 2.05) is 6.07 Å². The molecule has 0 aliphatic carbocycles. The molecule has 94 valence electrons. The number of aliphatic hydroxyl groups is 1. The van der Waals surface area contributed by atoms with Gasteiger partial charge in [-0.1, -0.05) is 30.3 Å². The molecule has 0 bridgehead atoms. The van der Waals surface area contributed by atoms with Crippen molar-refractivity contribution in [3.63, 3.8) is 0 Å². The van der Waals surface area contributed by atoms with E-state index in [4.69, 9.17) is 0 Å². The first kappa shape index (κ1) is 12.8. The topological polar surface area (TPSA) is 20.2 Å². The number of hydrogen-bond acceptors (Lipinski definition) is 1. The van der Waals surface area contributed by atoms with E-state index in [1.165, 1.54) is 23.3 Å². The highest BCUT2D eigenvalue weighted by Crippen LogP contribution is 2.20. The number of aryl methyl sites for hydroxylation is 2. The molecular weight excluding hydrogens is 227 g/mol. The smallest absolute Gasteiger partial charge is 0.123 e. The van der Waals surface area contributed by atoms with E-state index in [2.05, 4.69) is 26.0 Å². The van der Waals surface area contributed by atoms with Gasteiger partial charge in [-0.15, -0.1) is 0 Å². The van der Waals surface area contributed by atoms with Gasteiger partial charge in [-0.25, -0.2) is 4.39 Å². The minimum absolute atomic E-state index is 0.280. The van der Waals surface area contributed by atoms with Gasteiger partial charge in [0.15, 0.2) is 0 Å². The Morgan fingerprint density at radius 1 is 1.00 bits per heavy atom. The van der Waals surface area contributed by atoms with Crippen molar-refractivity contribution in [2.75, 3.05) is 0 Å². The number of hydrogen-bond donors (Lipinski definition) is 1. The van der Waals surface area contributed by atoms with Crippen LogP contribution in [-0.2, 0) is 6.42 Å².